The van der Waals surface area contributed by atoms with Crippen molar-refractivity contribution < 1.29 is 23.1 Å². The molecule has 7 heteroatoms. The van der Waals surface area contributed by atoms with Gasteiger partial charge < -0.3 is 9.84 Å². The summed E-state index contributed by atoms with van der Waals surface area (Å²) < 4.78 is 32.3. The first-order valence-corrected chi connectivity index (χ1v) is 8.63. The van der Waals surface area contributed by atoms with Gasteiger partial charge >= 0.3 is 0 Å². The SMILES string of the molecule is CC1(c2ccccc2)OC(NS(=O)(=O)c2ccccc2)=C(O)C1=O. The minimum Gasteiger partial charge on any atom is -0.501 e. The Morgan fingerprint density at radius 1 is 1.00 bits per heavy atom. The fourth-order valence-corrected chi connectivity index (χ4v) is 3.44. The third-order valence-electron chi connectivity index (χ3n) is 3.77. The van der Waals surface area contributed by atoms with E-state index in [1.54, 1.807) is 48.5 Å². The molecule has 2 aromatic rings. The van der Waals surface area contributed by atoms with Crippen molar-refractivity contribution in [1.82, 2.24) is 4.72 Å². The maximum Gasteiger partial charge on any atom is 0.264 e. The molecular formula is C17H15NO5S. The van der Waals surface area contributed by atoms with Crippen LogP contribution in [-0.4, -0.2) is 19.3 Å². The molecule has 3 rings (SSSR count). The predicted molar refractivity (Wildman–Crippen MR) is 86.3 cm³/mol. The number of rotatable bonds is 4. The maximum atomic E-state index is 12.4. The number of carbonyl (C=O) groups is 1. The molecule has 2 N–H and O–H groups in total. The highest BCUT2D eigenvalue weighted by Gasteiger charge is 2.48. The molecule has 0 spiro atoms. The molecule has 1 unspecified atom stereocenters. The molecule has 1 atom stereocenters. The zero-order chi connectivity index (χ0) is 17.4. The molecule has 24 heavy (non-hydrogen) atoms. The Morgan fingerprint density at radius 2 is 1.54 bits per heavy atom. The molecule has 0 radical (unpaired) electrons. The lowest BCUT2D eigenvalue weighted by Crippen LogP contribution is -2.32. The molecule has 0 amide bonds. The van der Waals surface area contributed by atoms with E-state index in [-0.39, 0.29) is 4.90 Å². The van der Waals surface area contributed by atoms with Crippen molar-refractivity contribution in [1.29, 1.82) is 0 Å². The van der Waals surface area contributed by atoms with Crippen LogP contribution in [0.4, 0.5) is 0 Å². The Hall–Kier alpha value is -2.80. The van der Waals surface area contributed by atoms with E-state index < -0.39 is 33.0 Å². The van der Waals surface area contributed by atoms with E-state index in [1.165, 1.54) is 19.1 Å². The predicted octanol–water partition coefficient (Wildman–Crippen LogP) is 2.21. The number of sulfonamides is 1. The van der Waals surface area contributed by atoms with Crippen LogP contribution in [0.15, 0.2) is 77.2 Å². The first-order valence-electron chi connectivity index (χ1n) is 7.15. The van der Waals surface area contributed by atoms with Crippen molar-refractivity contribution in [3.63, 3.8) is 0 Å². The van der Waals surface area contributed by atoms with E-state index in [0.717, 1.165) is 0 Å². The number of ether oxygens (including phenoxy) is 1. The summed E-state index contributed by atoms with van der Waals surface area (Å²) in [5.41, 5.74) is -0.977. The highest BCUT2D eigenvalue weighted by atomic mass is 32.2. The van der Waals surface area contributed by atoms with E-state index in [1.807, 2.05) is 0 Å². The van der Waals surface area contributed by atoms with Crippen LogP contribution in [0.25, 0.3) is 0 Å². The van der Waals surface area contributed by atoms with Crippen LogP contribution in [-0.2, 0) is 25.2 Å². The normalized spacial score (nSPS) is 20.8. The molecule has 0 saturated carbocycles. The fraction of sp³-hybridized carbons (Fsp3) is 0.118. The van der Waals surface area contributed by atoms with Gasteiger partial charge in [0, 0.05) is 5.56 Å². The second-order valence-electron chi connectivity index (χ2n) is 5.43. The number of hydrogen-bond donors (Lipinski definition) is 2. The Labute approximate surface area is 139 Å². The molecule has 6 nitrogen and oxygen atoms in total. The van der Waals surface area contributed by atoms with E-state index in [0.29, 0.717) is 5.56 Å². The first kappa shape index (κ1) is 16.1. The molecule has 0 bridgehead atoms. The van der Waals surface area contributed by atoms with Crippen LogP contribution in [0.1, 0.15) is 12.5 Å². The third-order valence-corrected chi connectivity index (χ3v) is 5.12. The molecule has 0 saturated heterocycles. The summed E-state index contributed by atoms with van der Waals surface area (Å²) in [5.74, 6) is -1.93. The van der Waals surface area contributed by atoms with E-state index in [2.05, 4.69) is 4.72 Å². The summed E-state index contributed by atoms with van der Waals surface area (Å²) in [7, 11) is -3.98. The third kappa shape index (κ3) is 2.63. The maximum absolute atomic E-state index is 12.4. The molecule has 1 heterocycles. The fourth-order valence-electron chi connectivity index (χ4n) is 2.42. The van der Waals surface area contributed by atoms with Crippen molar-refractivity contribution >= 4 is 15.8 Å². The minimum absolute atomic E-state index is 0.00494. The van der Waals surface area contributed by atoms with Gasteiger partial charge in [-0.3, -0.25) is 4.79 Å². The number of aliphatic hydroxyl groups is 1. The average Bonchev–Trinajstić information content (AvgIpc) is 2.81. The molecule has 0 aliphatic carbocycles. The summed E-state index contributed by atoms with van der Waals surface area (Å²) in [6.45, 7) is 1.48. The van der Waals surface area contributed by atoms with Crippen molar-refractivity contribution in [2.45, 2.75) is 17.4 Å². The summed E-state index contributed by atoms with van der Waals surface area (Å²) in [6, 6.07) is 16.2. The molecule has 124 valence electrons. The summed E-state index contributed by atoms with van der Waals surface area (Å²) in [5, 5.41) is 10.0. The van der Waals surface area contributed by atoms with Gasteiger partial charge in [0.1, 0.15) is 0 Å². The molecule has 0 aromatic heterocycles. The van der Waals surface area contributed by atoms with Crippen molar-refractivity contribution in [2.24, 2.45) is 0 Å². The molecule has 0 fully saturated rings. The van der Waals surface area contributed by atoms with Crippen molar-refractivity contribution in [3.8, 4) is 0 Å². The van der Waals surface area contributed by atoms with E-state index in [9.17, 15) is 18.3 Å². The topological polar surface area (TPSA) is 92.7 Å². The van der Waals surface area contributed by atoms with Crippen LogP contribution in [0.5, 0.6) is 0 Å². The second kappa shape index (κ2) is 5.68. The lowest BCUT2D eigenvalue weighted by Gasteiger charge is -2.23. The Kier molecular flexibility index (Phi) is 3.81. The summed E-state index contributed by atoms with van der Waals surface area (Å²) in [4.78, 5) is 12.4. The minimum atomic E-state index is -3.98. The second-order valence-corrected chi connectivity index (χ2v) is 7.11. The largest absolute Gasteiger partial charge is 0.501 e. The van der Waals surface area contributed by atoms with Crippen molar-refractivity contribution in [3.05, 3.63) is 77.9 Å². The smallest absolute Gasteiger partial charge is 0.264 e. The quantitative estimate of drug-likeness (QED) is 0.886. The number of aliphatic hydroxyl groups excluding tert-OH is 1. The molecule has 1 aliphatic heterocycles. The standard InChI is InChI=1S/C17H15NO5S/c1-17(12-8-4-2-5-9-12)15(20)14(19)16(23-17)18-24(21,22)13-10-6-3-7-11-13/h2-11,18-19H,1H3. The highest BCUT2D eigenvalue weighted by Crippen LogP contribution is 2.37. The zero-order valence-electron chi connectivity index (χ0n) is 12.8. The van der Waals surface area contributed by atoms with Crippen LogP contribution >= 0.6 is 0 Å². The van der Waals surface area contributed by atoms with E-state index >= 15 is 0 Å². The van der Waals surface area contributed by atoms with Gasteiger partial charge in [-0.1, -0.05) is 48.5 Å². The van der Waals surface area contributed by atoms with Gasteiger partial charge in [0.15, 0.2) is 5.60 Å². The summed E-state index contributed by atoms with van der Waals surface area (Å²) >= 11 is 0. The van der Waals surface area contributed by atoms with E-state index in [4.69, 9.17) is 4.74 Å². The first-order chi connectivity index (χ1) is 11.3. The monoisotopic (exact) mass is 345 g/mol. The average molecular weight is 345 g/mol. The number of benzene rings is 2. The van der Waals surface area contributed by atoms with Gasteiger partial charge in [-0.05, 0) is 19.1 Å². The number of ketones is 1. The number of hydrogen-bond acceptors (Lipinski definition) is 5. The number of Topliss-reactive ketones (excluding diaryl/α,β-unsaturated/α-hetero) is 1. The van der Waals surface area contributed by atoms with Gasteiger partial charge in [-0.15, -0.1) is 0 Å². The zero-order valence-corrected chi connectivity index (χ0v) is 13.6. The molecular weight excluding hydrogens is 330 g/mol. The molecule has 1 aliphatic rings. The van der Waals surface area contributed by atoms with Gasteiger partial charge in [0.25, 0.3) is 15.8 Å². The van der Waals surface area contributed by atoms with Gasteiger partial charge in [-0.25, -0.2) is 13.1 Å². The number of nitrogens with one attached hydrogen (secondary N) is 1. The Bertz CT molecular complexity index is 907. The lowest BCUT2D eigenvalue weighted by atomic mass is 9.92. The lowest BCUT2D eigenvalue weighted by molar-refractivity contribution is -0.131. The van der Waals surface area contributed by atoms with Gasteiger partial charge in [0.05, 0.1) is 4.90 Å². The summed E-state index contributed by atoms with van der Waals surface area (Å²) in [6.07, 6.45) is 0. The van der Waals surface area contributed by atoms with Crippen LogP contribution in [0, 0.1) is 0 Å². The Morgan fingerprint density at radius 3 is 2.12 bits per heavy atom. The Balaban J connectivity index is 1.92. The molecule has 2 aromatic carbocycles. The highest BCUT2D eigenvalue weighted by molar-refractivity contribution is 7.89. The number of carbonyl (C=O) groups excluding carboxylic acids is 1. The van der Waals surface area contributed by atoms with Gasteiger partial charge in [0.2, 0.25) is 11.6 Å². The van der Waals surface area contributed by atoms with Crippen LogP contribution in [0.3, 0.4) is 0 Å². The van der Waals surface area contributed by atoms with Crippen molar-refractivity contribution in [2.75, 3.05) is 0 Å². The van der Waals surface area contributed by atoms with Gasteiger partial charge in [-0.2, -0.15) is 0 Å². The van der Waals surface area contributed by atoms with Crippen LogP contribution in [0.2, 0.25) is 0 Å². The van der Waals surface area contributed by atoms with Crippen LogP contribution < -0.4 is 4.72 Å².